The van der Waals surface area contributed by atoms with Gasteiger partial charge in [-0.15, -0.1) is 0 Å². The fraction of sp³-hybridized carbons (Fsp3) is 0.364. The summed E-state index contributed by atoms with van der Waals surface area (Å²) in [5.41, 5.74) is 0.413. The van der Waals surface area contributed by atoms with E-state index in [1.165, 1.54) is 13.3 Å². The van der Waals surface area contributed by atoms with E-state index in [0.29, 0.717) is 24.5 Å². The first-order valence-corrected chi connectivity index (χ1v) is 5.14. The van der Waals surface area contributed by atoms with Gasteiger partial charge < -0.3 is 14.7 Å². The molecule has 1 fully saturated rings. The largest absolute Gasteiger partial charge is 0.481 e. The van der Waals surface area contributed by atoms with E-state index in [-0.39, 0.29) is 5.92 Å². The van der Waals surface area contributed by atoms with Crippen LogP contribution in [-0.2, 0) is 9.53 Å². The number of pyridine rings is 1. The van der Waals surface area contributed by atoms with Gasteiger partial charge >= 0.3 is 11.9 Å². The Bertz CT molecular complexity index is 455. The number of carbonyl (C=O) groups is 2. The highest BCUT2D eigenvalue weighted by molar-refractivity contribution is 5.90. The third-order valence-corrected chi connectivity index (χ3v) is 2.72. The molecule has 1 aromatic heterocycles. The van der Waals surface area contributed by atoms with Crippen LogP contribution >= 0.6 is 0 Å². The minimum Gasteiger partial charge on any atom is -0.481 e. The number of aromatic nitrogens is 1. The number of rotatable bonds is 3. The molecule has 0 saturated carbocycles. The van der Waals surface area contributed by atoms with E-state index in [0.717, 1.165) is 0 Å². The second-order valence-corrected chi connectivity index (χ2v) is 3.83. The summed E-state index contributed by atoms with van der Waals surface area (Å²) < 4.78 is 4.60. The lowest BCUT2D eigenvalue weighted by atomic mass is 10.0. The van der Waals surface area contributed by atoms with Crippen molar-refractivity contribution in [3.8, 4) is 0 Å². The van der Waals surface area contributed by atoms with E-state index in [4.69, 9.17) is 5.11 Å². The summed E-state index contributed by atoms with van der Waals surface area (Å²) in [6.07, 6.45) is 1.51. The van der Waals surface area contributed by atoms with E-state index in [9.17, 15) is 9.59 Å². The number of carboxylic acid groups (broad SMARTS) is 1. The SMILES string of the molecule is COC(=O)c1ccnc(N2CC(C(=O)O)C2)c1. The predicted molar refractivity (Wildman–Crippen MR) is 58.9 cm³/mol. The number of hydrogen-bond acceptors (Lipinski definition) is 5. The Hall–Kier alpha value is -2.11. The Labute approximate surface area is 97.8 Å². The van der Waals surface area contributed by atoms with Gasteiger partial charge in [0.05, 0.1) is 18.6 Å². The van der Waals surface area contributed by atoms with Crippen molar-refractivity contribution in [1.82, 2.24) is 4.98 Å². The van der Waals surface area contributed by atoms with Gasteiger partial charge in [-0.05, 0) is 12.1 Å². The number of carbonyl (C=O) groups excluding carboxylic acids is 1. The van der Waals surface area contributed by atoms with E-state index >= 15 is 0 Å². The van der Waals surface area contributed by atoms with Gasteiger partial charge in [0, 0.05) is 19.3 Å². The lowest BCUT2D eigenvalue weighted by Gasteiger charge is -2.37. The normalized spacial score (nSPS) is 15.2. The van der Waals surface area contributed by atoms with Gasteiger partial charge in [0.2, 0.25) is 0 Å². The minimum atomic E-state index is -0.801. The van der Waals surface area contributed by atoms with Gasteiger partial charge in [-0.2, -0.15) is 0 Å². The molecule has 0 unspecified atom stereocenters. The van der Waals surface area contributed by atoms with Crippen molar-refractivity contribution < 1.29 is 19.4 Å². The number of hydrogen-bond donors (Lipinski definition) is 1. The number of methoxy groups -OCH3 is 1. The minimum absolute atomic E-state index is 0.349. The Kier molecular flexibility index (Phi) is 2.95. The lowest BCUT2D eigenvalue weighted by molar-refractivity contribution is -0.142. The molecule has 0 atom stereocenters. The summed E-state index contributed by atoms with van der Waals surface area (Å²) in [6.45, 7) is 0.847. The smallest absolute Gasteiger partial charge is 0.338 e. The van der Waals surface area contributed by atoms with Crippen molar-refractivity contribution in [3.05, 3.63) is 23.9 Å². The highest BCUT2D eigenvalue weighted by atomic mass is 16.5. The first-order chi connectivity index (χ1) is 8.11. The maximum atomic E-state index is 11.3. The third-order valence-electron chi connectivity index (χ3n) is 2.72. The van der Waals surface area contributed by atoms with Crippen molar-refractivity contribution in [3.63, 3.8) is 0 Å². The maximum absolute atomic E-state index is 11.3. The number of carboxylic acids is 1. The van der Waals surface area contributed by atoms with Crippen molar-refractivity contribution in [1.29, 1.82) is 0 Å². The van der Waals surface area contributed by atoms with Gasteiger partial charge in [0.25, 0.3) is 0 Å². The monoisotopic (exact) mass is 236 g/mol. The standard InChI is InChI=1S/C11H12N2O4/c1-17-11(16)7-2-3-12-9(4-7)13-5-8(6-13)10(14)15/h2-4,8H,5-6H2,1H3,(H,14,15). The summed E-state index contributed by atoms with van der Waals surface area (Å²) >= 11 is 0. The molecule has 6 nitrogen and oxygen atoms in total. The van der Waals surface area contributed by atoms with E-state index in [1.807, 2.05) is 4.90 Å². The second kappa shape index (κ2) is 4.40. The average molecular weight is 236 g/mol. The van der Waals surface area contributed by atoms with Crippen molar-refractivity contribution in [2.24, 2.45) is 5.92 Å². The zero-order chi connectivity index (χ0) is 12.4. The van der Waals surface area contributed by atoms with Crippen molar-refractivity contribution in [2.45, 2.75) is 0 Å². The van der Waals surface area contributed by atoms with Crippen LogP contribution in [0.25, 0.3) is 0 Å². The van der Waals surface area contributed by atoms with Crippen LogP contribution in [0.1, 0.15) is 10.4 Å². The molecular formula is C11H12N2O4. The highest BCUT2D eigenvalue weighted by Crippen LogP contribution is 2.23. The molecule has 1 aromatic rings. The Morgan fingerprint density at radius 3 is 2.82 bits per heavy atom. The van der Waals surface area contributed by atoms with E-state index < -0.39 is 11.9 Å². The second-order valence-electron chi connectivity index (χ2n) is 3.83. The van der Waals surface area contributed by atoms with Crippen LogP contribution in [0.3, 0.4) is 0 Å². The molecule has 0 aliphatic carbocycles. The molecule has 1 saturated heterocycles. The van der Waals surface area contributed by atoms with Crippen LogP contribution < -0.4 is 4.90 Å². The van der Waals surface area contributed by atoms with Crippen LogP contribution in [0.4, 0.5) is 5.82 Å². The summed E-state index contributed by atoms with van der Waals surface area (Å²) in [5.74, 6) is -0.974. The molecule has 2 rings (SSSR count). The molecule has 1 N–H and O–H groups in total. The van der Waals surface area contributed by atoms with E-state index in [1.54, 1.807) is 12.1 Å². The first-order valence-electron chi connectivity index (χ1n) is 5.14. The third kappa shape index (κ3) is 2.20. The fourth-order valence-corrected chi connectivity index (χ4v) is 1.66. The molecule has 2 heterocycles. The molecule has 0 amide bonds. The molecule has 90 valence electrons. The average Bonchev–Trinajstić information content (AvgIpc) is 2.26. The number of nitrogens with zero attached hydrogens (tertiary/aromatic N) is 2. The fourth-order valence-electron chi connectivity index (χ4n) is 1.66. The Morgan fingerprint density at radius 2 is 2.24 bits per heavy atom. The molecule has 1 aliphatic rings. The molecule has 6 heteroatoms. The number of ether oxygens (including phenoxy) is 1. The molecule has 0 bridgehead atoms. The predicted octanol–water partition coefficient (Wildman–Crippen LogP) is 0.389. The van der Waals surface area contributed by atoms with Crippen molar-refractivity contribution >= 4 is 17.8 Å². The molecule has 1 aliphatic heterocycles. The van der Waals surface area contributed by atoms with Gasteiger partial charge in [-0.25, -0.2) is 9.78 Å². The summed E-state index contributed by atoms with van der Waals surface area (Å²) in [4.78, 5) is 27.9. The molecule has 17 heavy (non-hydrogen) atoms. The molecule has 0 aromatic carbocycles. The number of esters is 1. The van der Waals surface area contributed by atoms with Crippen LogP contribution in [-0.4, -0.2) is 42.2 Å². The zero-order valence-electron chi connectivity index (χ0n) is 9.29. The van der Waals surface area contributed by atoms with Crippen LogP contribution in [0.15, 0.2) is 18.3 Å². The molecule has 0 radical (unpaired) electrons. The van der Waals surface area contributed by atoms with E-state index in [2.05, 4.69) is 9.72 Å². The first kappa shape index (κ1) is 11.4. The van der Waals surface area contributed by atoms with Crippen LogP contribution in [0.2, 0.25) is 0 Å². The zero-order valence-corrected chi connectivity index (χ0v) is 9.29. The quantitative estimate of drug-likeness (QED) is 0.765. The summed E-state index contributed by atoms with van der Waals surface area (Å²) in [7, 11) is 1.31. The maximum Gasteiger partial charge on any atom is 0.338 e. The number of aliphatic carboxylic acids is 1. The van der Waals surface area contributed by atoms with Gasteiger partial charge in [0.1, 0.15) is 5.82 Å². The molecular weight excluding hydrogens is 224 g/mol. The van der Waals surface area contributed by atoms with Crippen LogP contribution in [0.5, 0.6) is 0 Å². The number of anilines is 1. The molecule has 0 spiro atoms. The van der Waals surface area contributed by atoms with Crippen LogP contribution in [0, 0.1) is 5.92 Å². The van der Waals surface area contributed by atoms with Gasteiger partial charge in [0.15, 0.2) is 0 Å². The van der Waals surface area contributed by atoms with Gasteiger partial charge in [-0.3, -0.25) is 4.79 Å². The lowest BCUT2D eigenvalue weighted by Crippen LogP contribution is -2.50. The Balaban J connectivity index is 2.08. The summed E-state index contributed by atoms with van der Waals surface area (Å²) in [6, 6.07) is 3.16. The summed E-state index contributed by atoms with van der Waals surface area (Å²) in [5, 5.41) is 8.76. The Morgan fingerprint density at radius 1 is 1.53 bits per heavy atom. The highest BCUT2D eigenvalue weighted by Gasteiger charge is 2.33. The van der Waals surface area contributed by atoms with Gasteiger partial charge in [-0.1, -0.05) is 0 Å². The topological polar surface area (TPSA) is 79.7 Å². The van der Waals surface area contributed by atoms with Crippen molar-refractivity contribution in [2.75, 3.05) is 25.1 Å².